The Balaban J connectivity index is 1.81. The first kappa shape index (κ1) is 22.2. The van der Waals surface area contributed by atoms with Crippen LogP contribution in [-0.4, -0.2) is 45.0 Å². The number of unbranched alkanes of at least 4 members (excludes halogenated alkanes) is 1. The van der Waals surface area contributed by atoms with Crippen molar-refractivity contribution < 1.29 is 19.8 Å². The average molecular weight is 404 g/mol. The maximum atomic E-state index is 12.3. The molecule has 0 bridgehead atoms. The summed E-state index contributed by atoms with van der Waals surface area (Å²) in [6.07, 6.45) is 11.4. The number of likely N-dealkylation sites (tertiary alicyclic amines) is 1. The third-order valence-electron chi connectivity index (χ3n) is 4.60. The van der Waals surface area contributed by atoms with E-state index in [4.69, 9.17) is 5.11 Å². The lowest BCUT2D eigenvalue weighted by atomic mass is 10.0. The van der Waals surface area contributed by atoms with Crippen LogP contribution in [0.3, 0.4) is 0 Å². The molecular weight excluding hydrogens is 374 g/mol. The highest BCUT2D eigenvalue weighted by atomic mass is 32.2. The summed E-state index contributed by atoms with van der Waals surface area (Å²) in [5, 5.41) is 18.9. The number of aliphatic hydroxyl groups excluding tert-OH is 1. The van der Waals surface area contributed by atoms with Crippen molar-refractivity contribution in [3.63, 3.8) is 0 Å². The zero-order valence-electron chi connectivity index (χ0n) is 16.1. The Morgan fingerprint density at radius 2 is 2.07 bits per heavy atom. The van der Waals surface area contributed by atoms with E-state index in [0.717, 1.165) is 18.6 Å². The predicted molar refractivity (Wildman–Crippen MR) is 113 cm³/mol. The number of thioether (sulfide) groups is 1. The Morgan fingerprint density at radius 1 is 1.29 bits per heavy atom. The molecule has 2 N–H and O–H groups in total. The molecule has 1 saturated heterocycles. The lowest BCUT2D eigenvalue weighted by molar-refractivity contribution is -0.137. The fourth-order valence-electron chi connectivity index (χ4n) is 3.10. The van der Waals surface area contributed by atoms with Gasteiger partial charge in [0, 0.05) is 25.1 Å². The molecule has 0 aromatic heterocycles. The van der Waals surface area contributed by atoms with Crippen molar-refractivity contribution >= 4 is 23.6 Å². The molecule has 152 valence electrons. The van der Waals surface area contributed by atoms with Crippen LogP contribution in [0.1, 0.15) is 44.1 Å². The summed E-state index contributed by atoms with van der Waals surface area (Å²) < 4.78 is 0. The molecule has 1 aliphatic rings. The molecule has 0 radical (unpaired) electrons. The van der Waals surface area contributed by atoms with Crippen LogP contribution in [0.25, 0.3) is 0 Å². The Morgan fingerprint density at radius 3 is 2.82 bits per heavy atom. The summed E-state index contributed by atoms with van der Waals surface area (Å²) in [5.41, 5.74) is 0.563. The van der Waals surface area contributed by atoms with Crippen molar-refractivity contribution in [2.75, 3.05) is 6.54 Å². The van der Waals surface area contributed by atoms with E-state index >= 15 is 0 Å². The van der Waals surface area contributed by atoms with Crippen LogP contribution in [0, 0.1) is 0 Å². The van der Waals surface area contributed by atoms with Gasteiger partial charge in [0.2, 0.25) is 5.91 Å². The van der Waals surface area contributed by atoms with Gasteiger partial charge in [-0.25, -0.2) is 0 Å². The molecule has 28 heavy (non-hydrogen) atoms. The number of amides is 1. The van der Waals surface area contributed by atoms with E-state index in [1.54, 1.807) is 6.08 Å². The number of carbonyl (C=O) groups excluding carboxylic acids is 1. The molecule has 6 heteroatoms. The van der Waals surface area contributed by atoms with Crippen LogP contribution in [0.2, 0.25) is 0 Å². The zero-order chi connectivity index (χ0) is 20.2. The van der Waals surface area contributed by atoms with E-state index in [1.165, 1.54) is 17.3 Å². The third kappa shape index (κ3) is 8.31. The highest BCUT2D eigenvalue weighted by molar-refractivity contribution is 7.99. The van der Waals surface area contributed by atoms with Gasteiger partial charge in [-0.1, -0.05) is 48.6 Å². The van der Waals surface area contributed by atoms with Crippen LogP contribution in [0.15, 0.2) is 54.6 Å². The number of hydrogen-bond donors (Lipinski definition) is 2. The Labute approximate surface area is 171 Å². The Hall–Kier alpha value is -2.05. The number of carbonyl (C=O) groups is 2. The van der Waals surface area contributed by atoms with Crippen molar-refractivity contribution in [2.45, 2.75) is 55.8 Å². The minimum Gasteiger partial charge on any atom is -0.481 e. The number of nitrogens with zero attached hydrogens (tertiary/aromatic N) is 1. The van der Waals surface area contributed by atoms with Gasteiger partial charge in [-0.15, -0.1) is 11.8 Å². The molecule has 1 fully saturated rings. The second kappa shape index (κ2) is 12.4. The molecular formula is C22H29NO4S. The molecule has 5 nitrogen and oxygen atoms in total. The first-order chi connectivity index (χ1) is 13.6. The maximum absolute atomic E-state index is 12.3. The number of rotatable bonds is 11. The highest BCUT2D eigenvalue weighted by Crippen LogP contribution is 2.22. The molecule has 1 aromatic carbocycles. The summed E-state index contributed by atoms with van der Waals surface area (Å²) in [6, 6.07) is 10.0. The average Bonchev–Trinajstić information content (AvgIpc) is 2.69. The fourth-order valence-corrected chi connectivity index (χ4v) is 3.85. The summed E-state index contributed by atoms with van der Waals surface area (Å²) in [6.45, 7) is 0.522. The standard InChI is InChI=1S/C22H29NO4S/c24-20-12-8-11-19(23(20)16-7-2-1-6-13-21(25)26)14-15-22(27)28-17-18-9-4-3-5-10-18/h2-5,7,9-10,14-15,19,22,27H,1,6,8,11-13,16-17H2,(H,25,26)/b7-2-,15-14+/t19-,22?/m1/s1. The normalized spacial score (nSPS) is 18.8. The predicted octanol–water partition coefficient (Wildman–Crippen LogP) is 3.99. The minimum atomic E-state index is -0.784. The van der Waals surface area contributed by atoms with Crippen LogP contribution in [0.4, 0.5) is 0 Å². The van der Waals surface area contributed by atoms with Crippen molar-refractivity contribution in [1.82, 2.24) is 4.90 Å². The minimum absolute atomic E-state index is 0.00288. The first-order valence-corrected chi connectivity index (χ1v) is 10.8. The molecule has 1 heterocycles. The number of carboxylic acids is 1. The van der Waals surface area contributed by atoms with E-state index in [2.05, 4.69) is 0 Å². The van der Waals surface area contributed by atoms with E-state index < -0.39 is 11.4 Å². The van der Waals surface area contributed by atoms with Gasteiger partial charge < -0.3 is 15.1 Å². The van der Waals surface area contributed by atoms with Crippen LogP contribution < -0.4 is 0 Å². The van der Waals surface area contributed by atoms with Crippen LogP contribution in [-0.2, 0) is 15.3 Å². The first-order valence-electron chi connectivity index (χ1n) is 9.74. The van der Waals surface area contributed by atoms with E-state index in [0.29, 0.717) is 25.8 Å². The maximum Gasteiger partial charge on any atom is 0.303 e. The lowest BCUT2D eigenvalue weighted by Crippen LogP contribution is -2.42. The molecule has 1 unspecified atom stereocenters. The molecule has 2 atom stereocenters. The van der Waals surface area contributed by atoms with Crippen LogP contribution >= 0.6 is 11.8 Å². The van der Waals surface area contributed by atoms with Gasteiger partial charge in [0.15, 0.2) is 0 Å². The summed E-state index contributed by atoms with van der Waals surface area (Å²) in [7, 11) is 0. The van der Waals surface area contributed by atoms with Gasteiger partial charge in [0.05, 0.1) is 6.04 Å². The number of carboxylic acid groups (broad SMARTS) is 1. The van der Waals surface area contributed by atoms with Gasteiger partial charge in [-0.2, -0.15) is 0 Å². The summed E-state index contributed by atoms with van der Waals surface area (Å²) >= 11 is 1.45. The van der Waals surface area contributed by atoms with Gasteiger partial charge >= 0.3 is 5.97 Å². The smallest absolute Gasteiger partial charge is 0.303 e. The number of aliphatic carboxylic acids is 1. The third-order valence-corrected chi connectivity index (χ3v) is 5.60. The molecule has 1 aromatic rings. The molecule has 0 saturated carbocycles. The quantitative estimate of drug-likeness (QED) is 0.332. The molecule has 2 rings (SSSR count). The van der Waals surface area contributed by atoms with Gasteiger partial charge in [-0.05, 0) is 37.3 Å². The number of aliphatic hydroxyl groups is 1. The lowest BCUT2D eigenvalue weighted by Gasteiger charge is -2.33. The van der Waals surface area contributed by atoms with Crippen molar-refractivity contribution in [3.05, 3.63) is 60.2 Å². The van der Waals surface area contributed by atoms with Crippen molar-refractivity contribution in [1.29, 1.82) is 0 Å². The zero-order valence-corrected chi connectivity index (χ0v) is 16.9. The van der Waals surface area contributed by atoms with E-state index in [1.807, 2.05) is 53.5 Å². The number of allylic oxidation sites excluding steroid dienone is 1. The second-order valence-corrected chi connectivity index (χ2v) is 7.94. The Kier molecular flexibility index (Phi) is 9.86. The highest BCUT2D eigenvalue weighted by Gasteiger charge is 2.25. The largest absolute Gasteiger partial charge is 0.481 e. The number of piperidine rings is 1. The molecule has 0 aliphatic carbocycles. The molecule has 1 amide bonds. The topological polar surface area (TPSA) is 77.8 Å². The second-order valence-electron chi connectivity index (χ2n) is 6.84. The SMILES string of the molecule is O=C(O)CCC/C=C\CN1C(=O)CCC[C@@H]1/C=C/C(O)SCc1ccccc1. The van der Waals surface area contributed by atoms with Crippen LogP contribution in [0.5, 0.6) is 0 Å². The fraction of sp³-hybridized carbons (Fsp3) is 0.455. The number of benzene rings is 1. The van der Waals surface area contributed by atoms with Crippen molar-refractivity contribution in [2.24, 2.45) is 0 Å². The summed E-state index contributed by atoms with van der Waals surface area (Å²) in [5.74, 6) is 0.0784. The Bertz CT molecular complexity index is 674. The summed E-state index contributed by atoms with van der Waals surface area (Å²) in [4.78, 5) is 24.6. The number of hydrogen-bond acceptors (Lipinski definition) is 4. The van der Waals surface area contributed by atoms with Gasteiger partial charge in [0.25, 0.3) is 0 Å². The van der Waals surface area contributed by atoms with E-state index in [9.17, 15) is 14.7 Å². The van der Waals surface area contributed by atoms with E-state index in [-0.39, 0.29) is 18.4 Å². The molecule has 0 spiro atoms. The van der Waals surface area contributed by atoms with Crippen molar-refractivity contribution in [3.8, 4) is 0 Å². The molecule has 1 aliphatic heterocycles. The van der Waals surface area contributed by atoms with Gasteiger partial charge in [-0.3, -0.25) is 9.59 Å². The van der Waals surface area contributed by atoms with Gasteiger partial charge in [0.1, 0.15) is 5.44 Å². The monoisotopic (exact) mass is 403 g/mol.